The molecule has 0 radical (unpaired) electrons. The highest BCUT2D eigenvalue weighted by Gasteiger charge is 2.15. The van der Waals surface area contributed by atoms with Gasteiger partial charge in [-0.05, 0) is 36.4 Å². The van der Waals surface area contributed by atoms with Crippen molar-refractivity contribution in [1.29, 1.82) is 0 Å². The number of rotatable bonds is 9. The number of anilines is 1. The molecular weight excluding hydrogens is 307 g/mol. The van der Waals surface area contributed by atoms with Crippen molar-refractivity contribution in [2.24, 2.45) is 4.99 Å². The van der Waals surface area contributed by atoms with Crippen LogP contribution in [0.1, 0.15) is 30.4 Å². The van der Waals surface area contributed by atoms with Crippen molar-refractivity contribution in [2.45, 2.75) is 19.3 Å². The van der Waals surface area contributed by atoms with Crippen molar-refractivity contribution in [3.05, 3.63) is 53.6 Å². The number of aromatic nitrogens is 2. The van der Waals surface area contributed by atoms with E-state index in [1.54, 1.807) is 24.5 Å². The molecule has 1 heterocycles. The van der Waals surface area contributed by atoms with Crippen LogP contribution in [0.25, 0.3) is 0 Å². The summed E-state index contributed by atoms with van der Waals surface area (Å²) in [6.45, 7) is 7.70. The first-order valence-electron chi connectivity index (χ1n) is 8.05. The lowest BCUT2D eigenvalue weighted by Crippen LogP contribution is -2.28. The van der Waals surface area contributed by atoms with Crippen LogP contribution in [0.3, 0.4) is 0 Å². The second-order valence-corrected chi connectivity index (χ2v) is 5.54. The van der Waals surface area contributed by atoms with Crippen LogP contribution in [-0.2, 0) is 0 Å². The summed E-state index contributed by atoms with van der Waals surface area (Å²) >= 11 is 0. The van der Waals surface area contributed by atoms with Gasteiger partial charge in [0.25, 0.3) is 0 Å². The molecule has 5 nitrogen and oxygen atoms in total. The Morgan fingerprint density at radius 1 is 1.17 bits per heavy atom. The summed E-state index contributed by atoms with van der Waals surface area (Å²) in [4.78, 5) is 14.8. The summed E-state index contributed by atoms with van der Waals surface area (Å²) in [6.07, 6.45) is 4.42. The largest absolute Gasteiger partial charge is 0.395 e. The molecule has 6 heteroatoms. The maximum absolute atomic E-state index is 13.1. The fourth-order valence-electron chi connectivity index (χ4n) is 2.55. The van der Waals surface area contributed by atoms with E-state index >= 15 is 0 Å². The van der Waals surface area contributed by atoms with Crippen LogP contribution in [0.4, 0.5) is 10.3 Å². The zero-order chi connectivity index (χ0) is 17.4. The molecule has 0 bridgehead atoms. The fraction of sp³-hybridized carbons (Fsp3) is 0.389. The van der Waals surface area contributed by atoms with Crippen molar-refractivity contribution < 1.29 is 9.50 Å². The summed E-state index contributed by atoms with van der Waals surface area (Å²) < 4.78 is 13.1. The summed E-state index contributed by atoms with van der Waals surface area (Å²) in [5.74, 6) is 0.0715. The molecule has 1 N–H and O–H groups in total. The Balaban J connectivity index is 2.19. The lowest BCUT2D eigenvalue weighted by molar-refractivity contribution is 0.280. The number of nitrogens with zero attached hydrogens (tertiary/aromatic N) is 4. The Labute approximate surface area is 141 Å². The maximum Gasteiger partial charge on any atom is 0.225 e. The summed E-state index contributed by atoms with van der Waals surface area (Å²) in [5, 5.41) is 9.70. The molecule has 2 aromatic rings. The van der Waals surface area contributed by atoms with Crippen molar-refractivity contribution in [2.75, 3.05) is 31.1 Å². The Bertz CT molecular complexity index is 630. The van der Waals surface area contributed by atoms with E-state index in [9.17, 15) is 9.50 Å². The van der Waals surface area contributed by atoms with Crippen LogP contribution in [0, 0.1) is 5.82 Å². The van der Waals surface area contributed by atoms with Gasteiger partial charge in [-0.25, -0.2) is 14.4 Å². The molecule has 0 fully saturated rings. The van der Waals surface area contributed by atoms with E-state index in [4.69, 9.17) is 0 Å². The summed E-state index contributed by atoms with van der Waals surface area (Å²) in [7, 11) is 0. The number of benzene rings is 1. The van der Waals surface area contributed by atoms with Gasteiger partial charge in [0.2, 0.25) is 5.95 Å². The van der Waals surface area contributed by atoms with E-state index in [1.807, 2.05) is 0 Å². The SMILES string of the molecule is C=NCCN(CCC)c1ncc([C@@H](CO)c2ccc(F)cc2)cn1. The number of hydrogen-bond donors (Lipinski definition) is 1. The highest BCUT2D eigenvalue weighted by molar-refractivity contribution is 5.35. The van der Waals surface area contributed by atoms with E-state index < -0.39 is 0 Å². The van der Waals surface area contributed by atoms with Gasteiger partial charge < -0.3 is 10.0 Å². The van der Waals surface area contributed by atoms with Gasteiger partial charge in [-0.3, -0.25) is 4.99 Å². The number of hydrogen-bond acceptors (Lipinski definition) is 5. The van der Waals surface area contributed by atoms with Crippen LogP contribution in [0.2, 0.25) is 0 Å². The monoisotopic (exact) mass is 330 g/mol. The van der Waals surface area contributed by atoms with E-state index in [0.717, 1.165) is 30.6 Å². The highest BCUT2D eigenvalue weighted by atomic mass is 19.1. The number of aliphatic imine (C=N–C) groups is 1. The summed E-state index contributed by atoms with van der Waals surface area (Å²) in [5.41, 5.74) is 1.63. The normalized spacial score (nSPS) is 12.0. The third-order valence-corrected chi connectivity index (χ3v) is 3.82. The Morgan fingerprint density at radius 3 is 2.38 bits per heavy atom. The maximum atomic E-state index is 13.1. The van der Waals surface area contributed by atoms with Crippen LogP contribution in [0.15, 0.2) is 41.7 Å². The molecule has 24 heavy (non-hydrogen) atoms. The predicted molar refractivity (Wildman–Crippen MR) is 94.3 cm³/mol. The van der Waals surface area contributed by atoms with Gasteiger partial charge in [0, 0.05) is 31.4 Å². The first-order chi connectivity index (χ1) is 11.7. The molecule has 1 atom stereocenters. The highest BCUT2D eigenvalue weighted by Crippen LogP contribution is 2.24. The molecule has 0 aliphatic carbocycles. The molecule has 1 aromatic heterocycles. The standard InChI is InChI=1S/C18H23FN4O/c1-3-9-23(10-8-20-2)18-21-11-15(12-22-18)17(13-24)14-4-6-16(19)7-5-14/h4-7,11-12,17,24H,2-3,8-10,13H2,1H3/t17-/m0/s1. The predicted octanol–water partition coefficient (Wildman–Crippen LogP) is 2.66. The van der Waals surface area contributed by atoms with Gasteiger partial charge in [-0.1, -0.05) is 19.1 Å². The van der Waals surface area contributed by atoms with E-state index in [0.29, 0.717) is 12.5 Å². The van der Waals surface area contributed by atoms with Gasteiger partial charge in [-0.15, -0.1) is 0 Å². The van der Waals surface area contributed by atoms with Gasteiger partial charge in [-0.2, -0.15) is 0 Å². The van der Waals surface area contributed by atoms with Crippen molar-refractivity contribution >= 4 is 12.7 Å². The topological polar surface area (TPSA) is 61.6 Å². The summed E-state index contributed by atoms with van der Waals surface area (Å²) in [6, 6.07) is 6.11. The molecule has 0 aliphatic heterocycles. The van der Waals surface area contributed by atoms with Crippen LogP contribution in [-0.4, -0.2) is 48.0 Å². The lowest BCUT2D eigenvalue weighted by atomic mass is 9.94. The molecule has 0 spiro atoms. The zero-order valence-corrected chi connectivity index (χ0v) is 13.9. The first-order valence-corrected chi connectivity index (χ1v) is 8.05. The number of aliphatic hydroxyl groups is 1. The van der Waals surface area contributed by atoms with E-state index in [2.05, 4.69) is 33.5 Å². The quantitative estimate of drug-likeness (QED) is 0.718. The second-order valence-electron chi connectivity index (χ2n) is 5.54. The molecular formula is C18H23FN4O. The van der Waals surface area contributed by atoms with Gasteiger partial charge in [0.1, 0.15) is 5.82 Å². The van der Waals surface area contributed by atoms with Crippen molar-refractivity contribution in [3.8, 4) is 0 Å². The minimum atomic E-state index is -0.298. The van der Waals surface area contributed by atoms with Gasteiger partial charge in [0.15, 0.2) is 0 Å². The zero-order valence-electron chi connectivity index (χ0n) is 13.9. The van der Waals surface area contributed by atoms with Gasteiger partial charge >= 0.3 is 0 Å². The Morgan fingerprint density at radius 2 is 1.83 bits per heavy atom. The molecule has 0 saturated carbocycles. The smallest absolute Gasteiger partial charge is 0.225 e. The minimum absolute atomic E-state index is 0.0899. The molecule has 0 saturated heterocycles. The van der Waals surface area contributed by atoms with Gasteiger partial charge in [0.05, 0.1) is 13.2 Å². The molecule has 0 aliphatic rings. The molecule has 128 valence electrons. The third-order valence-electron chi connectivity index (χ3n) is 3.82. The second kappa shape index (κ2) is 9.08. The first kappa shape index (κ1) is 18.0. The van der Waals surface area contributed by atoms with Crippen LogP contribution >= 0.6 is 0 Å². The minimum Gasteiger partial charge on any atom is -0.395 e. The Kier molecular flexibility index (Phi) is 6.81. The van der Waals surface area contributed by atoms with Crippen LogP contribution < -0.4 is 4.90 Å². The lowest BCUT2D eigenvalue weighted by Gasteiger charge is -2.22. The fourth-order valence-corrected chi connectivity index (χ4v) is 2.55. The molecule has 2 rings (SSSR count). The van der Waals surface area contributed by atoms with Crippen molar-refractivity contribution in [1.82, 2.24) is 9.97 Å². The molecule has 0 amide bonds. The average Bonchev–Trinajstić information content (AvgIpc) is 2.61. The van der Waals surface area contributed by atoms with Crippen LogP contribution in [0.5, 0.6) is 0 Å². The number of halogens is 1. The number of aliphatic hydroxyl groups excluding tert-OH is 1. The third kappa shape index (κ3) is 4.58. The van der Waals surface area contributed by atoms with E-state index in [1.165, 1.54) is 12.1 Å². The van der Waals surface area contributed by atoms with E-state index in [-0.39, 0.29) is 18.3 Å². The van der Waals surface area contributed by atoms with Crippen molar-refractivity contribution in [3.63, 3.8) is 0 Å². The molecule has 1 aromatic carbocycles. The molecule has 0 unspecified atom stereocenters. The Hall–Kier alpha value is -2.34. The average molecular weight is 330 g/mol.